The van der Waals surface area contributed by atoms with E-state index in [9.17, 15) is 9.65 Å². The molecule has 1 fully saturated rings. The lowest BCUT2D eigenvalue weighted by Gasteiger charge is -2.29. The minimum Gasteiger partial charge on any atom is -0.367 e. The second kappa shape index (κ2) is 4.28. The van der Waals surface area contributed by atoms with Gasteiger partial charge in [0.05, 0.1) is 6.07 Å². The number of nitriles is 1. The predicted molar refractivity (Wildman–Crippen MR) is 70.5 cm³/mol. The Hall–Kier alpha value is -1.56. The highest BCUT2D eigenvalue weighted by Crippen LogP contribution is 2.48. The molecule has 2 rings (SSSR count). The molecule has 2 unspecified atom stereocenters. The SMILES string of the molecule is CC1CC(C)(C)CC1(C#N)Nc1ccc(F)cc1. The number of nitrogens with one attached hydrogen (secondary N) is 1. The van der Waals surface area contributed by atoms with Gasteiger partial charge in [0.15, 0.2) is 0 Å². The first kappa shape index (κ1) is 12.9. The fourth-order valence-corrected chi connectivity index (χ4v) is 3.14. The molecule has 0 heterocycles. The van der Waals surface area contributed by atoms with Crippen molar-refractivity contribution in [1.29, 1.82) is 5.26 Å². The van der Waals surface area contributed by atoms with E-state index in [1.54, 1.807) is 12.1 Å². The monoisotopic (exact) mass is 246 g/mol. The fourth-order valence-electron chi connectivity index (χ4n) is 3.14. The summed E-state index contributed by atoms with van der Waals surface area (Å²) in [6, 6.07) is 8.64. The number of benzene rings is 1. The zero-order valence-corrected chi connectivity index (χ0v) is 11.1. The summed E-state index contributed by atoms with van der Waals surface area (Å²) in [5.41, 5.74) is 0.436. The van der Waals surface area contributed by atoms with Crippen LogP contribution in [0.2, 0.25) is 0 Å². The first-order chi connectivity index (χ1) is 8.37. The van der Waals surface area contributed by atoms with Crippen LogP contribution in [0.4, 0.5) is 10.1 Å². The van der Waals surface area contributed by atoms with E-state index >= 15 is 0 Å². The van der Waals surface area contributed by atoms with Gasteiger partial charge in [0.2, 0.25) is 0 Å². The average molecular weight is 246 g/mol. The van der Waals surface area contributed by atoms with Crippen LogP contribution in [-0.4, -0.2) is 5.54 Å². The first-order valence-electron chi connectivity index (χ1n) is 6.32. The molecule has 0 bridgehead atoms. The van der Waals surface area contributed by atoms with Crippen LogP contribution < -0.4 is 5.32 Å². The summed E-state index contributed by atoms with van der Waals surface area (Å²) in [4.78, 5) is 0. The lowest BCUT2D eigenvalue weighted by molar-refractivity contribution is 0.363. The number of hydrogen-bond donors (Lipinski definition) is 1. The second-order valence-electron chi connectivity index (χ2n) is 6.16. The van der Waals surface area contributed by atoms with Gasteiger partial charge in [-0.1, -0.05) is 20.8 Å². The first-order valence-corrected chi connectivity index (χ1v) is 6.32. The van der Waals surface area contributed by atoms with Gasteiger partial charge in [-0.25, -0.2) is 4.39 Å². The van der Waals surface area contributed by atoms with Crippen molar-refractivity contribution >= 4 is 5.69 Å². The molecule has 0 saturated heterocycles. The van der Waals surface area contributed by atoms with Crippen molar-refractivity contribution in [3.8, 4) is 6.07 Å². The van der Waals surface area contributed by atoms with Crippen LogP contribution in [0.25, 0.3) is 0 Å². The third-order valence-electron chi connectivity index (χ3n) is 3.87. The van der Waals surface area contributed by atoms with Crippen molar-refractivity contribution in [3.63, 3.8) is 0 Å². The zero-order chi connectivity index (χ0) is 13.4. The van der Waals surface area contributed by atoms with Crippen LogP contribution in [-0.2, 0) is 0 Å². The third kappa shape index (κ3) is 2.33. The van der Waals surface area contributed by atoms with Gasteiger partial charge in [0.1, 0.15) is 11.4 Å². The molecule has 0 amide bonds. The van der Waals surface area contributed by atoms with Crippen molar-refractivity contribution in [2.45, 2.75) is 39.2 Å². The second-order valence-corrected chi connectivity index (χ2v) is 6.16. The lowest BCUT2D eigenvalue weighted by Crippen LogP contribution is -2.39. The van der Waals surface area contributed by atoms with E-state index in [0.717, 1.165) is 18.5 Å². The Morgan fingerprint density at radius 3 is 2.39 bits per heavy atom. The maximum absolute atomic E-state index is 12.9. The van der Waals surface area contributed by atoms with E-state index in [1.165, 1.54) is 12.1 Å². The molecular formula is C15H19FN2. The molecule has 2 nitrogen and oxygen atoms in total. The van der Waals surface area contributed by atoms with Crippen molar-refractivity contribution in [1.82, 2.24) is 0 Å². The van der Waals surface area contributed by atoms with Crippen LogP contribution >= 0.6 is 0 Å². The smallest absolute Gasteiger partial charge is 0.128 e. The molecule has 0 aromatic heterocycles. The van der Waals surface area contributed by atoms with Crippen LogP contribution in [0, 0.1) is 28.5 Å². The van der Waals surface area contributed by atoms with Gasteiger partial charge >= 0.3 is 0 Å². The molecule has 1 N–H and O–H groups in total. The number of hydrogen-bond acceptors (Lipinski definition) is 2. The molecule has 0 radical (unpaired) electrons. The van der Waals surface area contributed by atoms with Crippen molar-refractivity contribution < 1.29 is 4.39 Å². The minimum absolute atomic E-state index is 0.169. The maximum atomic E-state index is 12.9. The van der Waals surface area contributed by atoms with Crippen molar-refractivity contribution in [3.05, 3.63) is 30.1 Å². The summed E-state index contributed by atoms with van der Waals surface area (Å²) >= 11 is 0. The number of rotatable bonds is 2. The van der Waals surface area contributed by atoms with Gasteiger partial charge < -0.3 is 5.32 Å². The van der Waals surface area contributed by atoms with Crippen LogP contribution in [0.15, 0.2) is 24.3 Å². The fraction of sp³-hybridized carbons (Fsp3) is 0.533. The average Bonchev–Trinajstić information content (AvgIpc) is 2.52. The van der Waals surface area contributed by atoms with Gasteiger partial charge in [0, 0.05) is 5.69 Å². The molecule has 3 heteroatoms. The van der Waals surface area contributed by atoms with Crippen molar-refractivity contribution in [2.75, 3.05) is 5.32 Å². The highest BCUT2D eigenvalue weighted by atomic mass is 19.1. The number of anilines is 1. The Morgan fingerprint density at radius 2 is 1.94 bits per heavy atom. The van der Waals surface area contributed by atoms with Gasteiger partial charge in [-0.05, 0) is 48.4 Å². The molecule has 1 aliphatic carbocycles. The van der Waals surface area contributed by atoms with Gasteiger partial charge in [-0.2, -0.15) is 5.26 Å². The minimum atomic E-state index is -0.540. The molecular weight excluding hydrogens is 227 g/mol. The Kier molecular flexibility index (Phi) is 3.06. The molecule has 1 saturated carbocycles. The topological polar surface area (TPSA) is 35.8 Å². The molecule has 2 atom stereocenters. The number of nitrogens with zero attached hydrogens (tertiary/aromatic N) is 1. The lowest BCUT2D eigenvalue weighted by atomic mass is 9.87. The van der Waals surface area contributed by atoms with Gasteiger partial charge in [-0.15, -0.1) is 0 Å². The Labute approximate surface area is 108 Å². The molecule has 96 valence electrons. The molecule has 0 aliphatic heterocycles. The maximum Gasteiger partial charge on any atom is 0.128 e. The molecule has 18 heavy (non-hydrogen) atoms. The van der Waals surface area contributed by atoms with Crippen LogP contribution in [0.3, 0.4) is 0 Å². The summed E-state index contributed by atoms with van der Waals surface area (Å²) in [6.07, 6.45) is 1.84. The Bertz CT molecular complexity index is 472. The summed E-state index contributed by atoms with van der Waals surface area (Å²) in [5.74, 6) is 0.0221. The predicted octanol–water partition coefficient (Wildman–Crippen LogP) is 3.96. The quantitative estimate of drug-likeness (QED) is 0.857. The van der Waals surface area contributed by atoms with Crippen LogP contribution in [0.5, 0.6) is 0 Å². The Morgan fingerprint density at radius 1 is 1.33 bits per heavy atom. The van der Waals surface area contributed by atoms with E-state index in [2.05, 4.69) is 32.2 Å². The van der Waals surface area contributed by atoms with E-state index < -0.39 is 5.54 Å². The molecule has 1 aliphatic rings. The van der Waals surface area contributed by atoms with Gasteiger partial charge in [-0.3, -0.25) is 0 Å². The highest BCUT2D eigenvalue weighted by Gasteiger charge is 2.49. The number of halogens is 1. The highest BCUT2D eigenvalue weighted by molar-refractivity contribution is 5.49. The normalized spacial score (nSPS) is 29.8. The van der Waals surface area contributed by atoms with Crippen molar-refractivity contribution in [2.24, 2.45) is 11.3 Å². The molecule has 1 aromatic carbocycles. The standard InChI is InChI=1S/C15H19FN2/c1-11-8-14(2,3)9-15(11,10-17)18-13-6-4-12(16)5-7-13/h4-7,11,18H,8-9H2,1-3H3. The summed E-state index contributed by atoms with van der Waals surface area (Å²) in [6.45, 7) is 6.48. The van der Waals surface area contributed by atoms with E-state index in [0.29, 0.717) is 0 Å². The van der Waals surface area contributed by atoms with Gasteiger partial charge in [0.25, 0.3) is 0 Å². The van der Waals surface area contributed by atoms with Crippen LogP contribution in [0.1, 0.15) is 33.6 Å². The summed E-state index contributed by atoms with van der Waals surface area (Å²) in [7, 11) is 0. The zero-order valence-electron chi connectivity index (χ0n) is 11.1. The third-order valence-corrected chi connectivity index (χ3v) is 3.87. The largest absolute Gasteiger partial charge is 0.367 e. The molecule has 1 aromatic rings. The molecule has 0 spiro atoms. The Balaban J connectivity index is 2.25. The summed E-state index contributed by atoms with van der Waals surface area (Å²) in [5, 5.41) is 12.9. The van der Waals surface area contributed by atoms with E-state index in [1.807, 2.05) is 0 Å². The summed E-state index contributed by atoms with van der Waals surface area (Å²) < 4.78 is 12.9. The van der Waals surface area contributed by atoms with E-state index in [4.69, 9.17) is 0 Å². The van der Waals surface area contributed by atoms with E-state index in [-0.39, 0.29) is 17.2 Å².